The molecule has 7 nitrogen and oxygen atoms in total. The molecule has 0 aliphatic carbocycles. The van der Waals surface area contributed by atoms with Crippen LogP contribution in [0.25, 0.3) is 0 Å². The minimum Gasteiger partial charge on any atom is -0.449 e. The molecule has 0 aromatic carbocycles. The molecule has 0 aromatic rings. The number of nitrogens with zero attached hydrogens (tertiary/aromatic N) is 1. The molecular formula is C13H23NO6. The molecule has 0 heterocycles. The maximum Gasteiger partial charge on any atom is 0.429 e. The minimum atomic E-state index is -1.13. The molecule has 0 spiro atoms. The smallest absolute Gasteiger partial charge is 0.429 e. The van der Waals surface area contributed by atoms with Crippen molar-refractivity contribution in [2.45, 2.75) is 59.7 Å². The summed E-state index contributed by atoms with van der Waals surface area (Å²) in [5.41, 5.74) is -1.71. The summed E-state index contributed by atoms with van der Waals surface area (Å²) in [5.74, 6) is 0. The third-order valence-corrected chi connectivity index (χ3v) is 1.60. The van der Waals surface area contributed by atoms with E-state index in [1.807, 2.05) is 0 Å². The highest BCUT2D eigenvalue weighted by molar-refractivity contribution is 6.04. The van der Waals surface area contributed by atoms with Gasteiger partial charge < -0.3 is 14.2 Å². The average Bonchev–Trinajstić information content (AvgIpc) is 2.11. The van der Waals surface area contributed by atoms with Crippen molar-refractivity contribution in [2.75, 3.05) is 6.61 Å². The zero-order chi connectivity index (χ0) is 16.1. The lowest BCUT2D eigenvalue weighted by Crippen LogP contribution is -2.47. The molecule has 0 atom stereocenters. The summed E-state index contributed by atoms with van der Waals surface area (Å²) in [6.07, 6.45) is -3.40. The third kappa shape index (κ3) is 6.96. The topological polar surface area (TPSA) is 82.1 Å². The fourth-order valence-electron chi connectivity index (χ4n) is 1.03. The van der Waals surface area contributed by atoms with E-state index < -0.39 is 29.5 Å². The van der Waals surface area contributed by atoms with Crippen LogP contribution in [-0.2, 0) is 14.2 Å². The van der Waals surface area contributed by atoms with Crippen molar-refractivity contribution < 1.29 is 28.6 Å². The van der Waals surface area contributed by atoms with E-state index in [4.69, 9.17) is 9.47 Å². The van der Waals surface area contributed by atoms with E-state index in [-0.39, 0.29) is 11.5 Å². The number of hydrogen-bond acceptors (Lipinski definition) is 6. The van der Waals surface area contributed by atoms with Crippen LogP contribution in [0.15, 0.2) is 0 Å². The molecule has 0 aromatic heterocycles. The number of imide groups is 3. The Balaban J connectivity index is 5.13. The second-order valence-corrected chi connectivity index (χ2v) is 6.00. The predicted octanol–water partition coefficient (Wildman–Crippen LogP) is 3.32. The Morgan fingerprint density at radius 3 is 1.40 bits per heavy atom. The summed E-state index contributed by atoms with van der Waals surface area (Å²) in [4.78, 5) is 35.7. The van der Waals surface area contributed by atoms with Crippen molar-refractivity contribution >= 4 is 18.3 Å². The summed E-state index contributed by atoms with van der Waals surface area (Å²) < 4.78 is 14.6. The molecule has 0 aliphatic heterocycles. The number of amides is 3. The molecule has 20 heavy (non-hydrogen) atoms. The lowest BCUT2D eigenvalue weighted by Gasteiger charge is -2.26. The van der Waals surface area contributed by atoms with Crippen LogP contribution < -0.4 is 0 Å². The van der Waals surface area contributed by atoms with Crippen molar-refractivity contribution in [1.29, 1.82) is 0 Å². The molecule has 0 aliphatic rings. The van der Waals surface area contributed by atoms with Gasteiger partial charge in [0.2, 0.25) is 0 Å². The molecule has 0 rings (SSSR count). The first-order valence-corrected chi connectivity index (χ1v) is 6.30. The SMILES string of the molecule is CCOC(=O)N(C(=O)OC(C)(C)C)C(=O)OC(C)(C)C. The Hall–Kier alpha value is -1.79. The molecule has 7 heteroatoms. The fourth-order valence-corrected chi connectivity index (χ4v) is 1.03. The quantitative estimate of drug-likeness (QED) is 0.689. The van der Waals surface area contributed by atoms with Gasteiger partial charge in [-0.2, -0.15) is 0 Å². The summed E-state index contributed by atoms with van der Waals surface area (Å²) in [5, 5.41) is 0. The van der Waals surface area contributed by atoms with Crippen LogP contribution in [0.2, 0.25) is 0 Å². The first kappa shape index (κ1) is 18.2. The number of rotatable bonds is 1. The second-order valence-electron chi connectivity index (χ2n) is 6.00. The molecule has 0 saturated carbocycles. The zero-order valence-electron chi connectivity index (χ0n) is 13.1. The van der Waals surface area contributed by atoms with Crippen molar-refractivity contribution in [2.24, 2.45) is 0 Å². The second kappa shape index (κ2) is 6.58. The normalized spacial score (nSPS) is 11.6. The number of carbonyl (C=O) groups is 3. The predicted molar refractivity (Wildman–Crippen MR) is 71.3 cm³/mol. The van der Waals surface area contributed by atoms with Crippen LogP contribution in [0.3, 0.4) is 0 Å². The van der Waals surface area contributed by atoms with Gasteiger partial charge >= 0.3 is 18.3 Å². The Morgan fingerprint density at radius 1 is 0.800 bits per heavy atom. The average molecular weight is 289 g/mol. The van der Waals surface area contributed by atoms with Crippen LogP contribution in [-0.4, -0.2) is 41.0 Å². The Kier molecular flexibility index (Phi) is 5.99. The maximum absolute atomic E-state index is 11.9. The van der Waals surface area contributed by atoms with E-state index in [1.54, 1.807) is 48.5 Å². The van der Waals surface area contributed by atoms with E-state index in [2.05, 4.69) is 4.74 Å². The molecular weight excluding hydrogens is 266 g/mol. The van der Waals surface area contributed by atoms with E-state index >= 15 is 0 Å². The third-order valence-electron chi connectivity index (χ3n) is 1.60. The van der Waals surface area contributed by atoms with Crippen LogP contribution >= 0.6 is 0 Å². The van der Waals surface area contributed by atoms with Crippen LogP contribution in [0, 0.1) is 0 Å². The zero-order valence-corrected chi connectivity index (χ0v) is 13.1. The Bertz CT molecular complexity index is 349. The summed E-state index contributed by atoms with van der Waals surface area (Å²) >= 11 is 0. The van der Waals surface area contributed by atoms with E-state index in [0.717, 1.165) is 0 Å². The molecule has 0 saturated heterocycles. The van der Waals surface area contributed by atoms with E-state index in [9.17, 15) is 14.4 Å². The molecule has 0 bridgehead atoms. The van der Waals surface area contributed by atoms with Gasteiger partial charge in [0.15, 0.2) is 0 Å². The van der Waals surface area contributed by atoms with E-state index in [1.165, 1.54) is 0 Å². The van der Waals surface area contributed by atoms with Gasteiger partial charge in [-0.05, 0) is 48.5 Å². The fraction of sp³-hybridized carbons (Fsp3) is 0.769. The lowest BCUT2D eigenvalue weighted by molar-refractivity contribution is 0.00142. The number of carbonyl (C=O) groups excluding carboxylic acids is 3. The lowest BCUT2D eigenvalue weighted by atomic mass is 10.2. The molecule has 0 unspecified atom stereocenters. The van der Waals surface area contributed by atoms with Gasteiger partial charge in [-0.3, -0.25) is 0 Å². The van der Waals surface area contributed by atoms with Crippen LogP contribution in [0.1, 0.15) is 48.5 Å². The van der Waals surface area contributed by atoms with Crippen molar-refractivity contribution in [3.63, 3.8) is 0 Å². The highest BCUT2D eigenvalue weighted by Gasteiger charge is 2.37. The Labute approximate surface area is 119 Å². The highest BCUT2D eigenvalue weighted by Crippen LogP contribution is 2.15. The molecule has 0 fully saturated rings. The molecule has 3 amide bonds. The van der Waals surface area contributed by atoms with E-state index in [0.29, 0.717) is 0 Å². The van der Waals surface area contributed by atoms with Crippen molar-refractivity contribution in [3.8, 4) is 0 Å². The van der Waals surface area contributed by atoms with Crippen molar-refractivity contribution in [3.05, 3.63) is 0 Å². The molecule has 116 valence electrons. The summed E-state index contributed by atoms with van der Waals surface area (Å²) in [6.45, 7) is 11.3. The molecule has 0 N–H and O–H groups in total. The monoisotopic (exact) mass is 289 g/mol. The standard InChI is InChI=1S/C13H23NO6/c1-8-18-9(15)14(10(16)19-12(2,3)4)11(17)20-13(5,6)7/h8H2,1-7H3. The number of hydrogen-bond donors (Lipinski definition) is 0. The van der Waals surface area contributed by atoms with Gasteiger partial charge in [-0.1, -0.05) is 0 Å². The van der Waals surface area contributed by atoms with Gasteiger partial charge in [0, 0.05) is 0 Å². The maximum atomic E-state index is 11.9. The highest BCUT2D eigenvalue weighted by atomic mass is 16.6. The Morgan fingerprint density at radius 2 is 1.15 bits per heavy atom. The largest absolute Gasteiger partial charge is 0.449 e. The van der Waals surface area contributed by atoms with Gasteiger partial charge in [0.1, 0.15) is 11.2 Å². The number of ether oxygens (including phenoxy) is 3. The first-order valence-electron chi connectivity index (χ1n) is 6.30. The van der Waals surface area contributed by atoms with Gasteiger partial charge in [0.05, 0.1) is 6.61 Å². The van der Waals surface area contributed by atoms with Crippen LogP contribution in [0.4, 0.5) is 14.4 Å². The van der Waals surface area contributed by atoms with Gasteiger partial charge in [-0.25, -0.2) is 14.4 Å². The van der Waals surface area contributed by atoms with Crippen LogP contribution in [0.5, 0.6) is 0 Å². The first-order chi connectivity index (χ1) is 8.87. The summed E-state index contributed by atoms with van der Waals surface area (Å²) in [7, 11) is 0. The summed E-state index contributed by atoms with van der Waals surface area (Å²) in [6, 6.07) is 0. The van der Waals surface area contributed by atoms with Gasteiger partial charge in [-0.15, -0.1) is 4.90 Å². The van der Waals surface area contributed by atoms with Gasteiger partial charge in [0.25, 0.3) is 0 Å². The van der Waals surface area contributed by atoms with Crippen molar-refractivity contribution in [1.82, 2.24) is 4.90 Å². The minimum absolute atomic E-state index is 0.0148. The molecule has 0 radical (unpaired) electrons.